The second-order valence-electron chi connectivity index (χ2n) is 4.48. The summed E-state index contributed by atoms with van der Waals surface area (Å²) < 4.78 is 0. The number of aromatic nitrogens is 1. The number of nitrogens with zero attached hydrogens (tertiary/aromatic N) is 2. The fraction of sp³-hybridized carbons (Fsp3) is 0.308. The zero-order chi connectivity index (χ0) is 14.8. The molecule has 110 valence electrons. The van der Waals surface area contributed by atoms with Crippen LogP contribution in [-0.4, -0.2) is 51.0 Å². The van der Waals surface area contributed by atoms with Gasteiger partial charge in [-0.3, -0.25) is 4.79 Å². The van der Waals surface area contributed by atoms with Crippen LogP contribution < -0.4 is 0 Å². The van der Waals surface area contributed by atoms with E-state index in [1.165, 1.54) is 16.2 Å². The van der Waals surface area contributed by atoms with Gasteiger partial charge in [-0.2, -0.15) is 23.1 Å². The SMILES string of the molecule is O=C(O)C1CSCCN1C(=O)c1csc(-c2ccsc2)n1. The summed E-state index contributed by atoms with van der Waals surface area (Å²) in [6.07, 6.45) is 0. The first-order valence-corrected chi connectivity index (χ1v) is 9.24. The van der Waals surface area contributed by atoms with E-state index in [4.69, 9.17) is 0 Å². The van der Waals surface area contributed by atoms with Crippen molar-refractivity contribution in [3.8, 4) is 10.6 Å². The number of thiophene rings is 1. The number of thiazole rings is 1. The van der Waals surface area contributed by atoms with E-state index in [1.807, 2.05) is 16.8 Å². The van der Waals surface area contributed by atoms with Gasteiger partial charge in [-0.1, -0.05) is 0 Å². The van der Waals surface area contributed by atoms with E-state index >= 15 is 0 Å². The van der Waals surface area contributed by atoms with Gasteiger partial charge in [-0.25, -0.2) is 9.78 Å². The molecule has 5 nitrogen and oxygen atoms in total. The first kappa shape index (κ1) is 14.6. The van der Waals surface area contributed by atoms with Gasteiger partial charge in [0.05, 0.1) is 0 Å². The van der Waals surface area contributed by atoms with Gasteiger partial charge in [0.25, 0.3) is 5.91 Å². The molecule has 0 spiro atoms. The van der Waals surface area contributed by atoms with Gasteiger partial charge < -0.3 is 10.0 Å². The normalized spacial score (nSPS) is 18.7. The lowest BCUT2D eigenvalue weighted by atomic mass is 10.2. The first-order chi connectivity index (χ1) is 10.2. The predicted octanol–water partition coefficient (Wildman–Crippen LogP) is 2.51. The maximum absolute atomic E-state index is 12.5. The average Bonchev–Trinajstić information content (AvgIpc) is 3.17. The first-order valence-electron chi connectivity index (χ1n) is 6.26. The highest BCUT2D eigenvalue weighted by Crippen LogP contribution is 2.27. The summed E-state index contributed by atoms with van der Waals surface area (Å²) in [5.41, 5.74) is 1.33. The zero-order valence-electron chi connectivity index (χ0n) is 10.9. The van der Waals surface area contributed by atoms with Gasteiger partial charge in [-0.15, -0.1) is 11.3 Å². The Morgan fingerprint density at radius 3 is 2.95 bits per heavy atom. The maximum Gasteiger partial charge on any atom is 0.327 e. The van der Waals surface area contributed by atoms with Gasteiger partial charge in [-0.05, 0) is 11.4 Å². The van der Waals surface area contributed by atoms with Crippen LogP contribution in [0.15, 0.2) is 22.2 Å². The van der Waals surface area contributed by atoms with E-state index < -0.39 is 12.0 Å². The van der Waals surface area contributed by atoms with Gasteiger partial charge >= 0.3 is 5.97 Å². The minimum atomic E-state index is -0.955. The quantitative estimate of drug-likeness (QED) is 0.930. The average molecular weight is 340 g/mol. The largest absolute Gasteiger partial charge is 0.480 e. The molecule has 0 aromatic carbocycles. The number of carboxylic acids is 1. The van der Waals surface area contributed by atoms with Crippen LogP contribution in [0, 0.1) is 0 Å². The van der Waals surface area contributed by atoms with Crippen LogP contribution in [0.2, 0.25) is 0 Å². The van der Waals surface area contributed by atoms with Crippen molar-refractivity contribution in [2.24, 2.45) is 0 Å². The third kappa shape index (κ3) is 2.97. The molecule has 1 N–H and O–H groups in total. The van der Waals surface area contributed by atoms with Crippen LogP contribution in [0.5, 0.6) is 0 Å². The molecule has 1 fully saturated rings. The Morgan fingerprint density at radius 1 is 1.38 bits per heavy atom. The number of aliphatic carboxylic acids is 1. The van der Waals surface area contributed by atoms with E-state index in [0.717, 1.165) is 16.3 Å². The van der Waals surface area contributed by atoms with Crippen LogP contribution >= 0.6 is 34.4 Å². The Labute approximate surface area is 133 Å². The van der Waals surface area contributed by atoms with E-state index in [2.05, 4.69) is 4.98 Å². The molecule has 3 heterocycles. The number of carboxylic acid groups (broad SMARTS) is 1. The summed E-state index contributed by atoms with van der Waals surface area (Å²) in [6, 6.07) is 1.19. The van der Waals surface area contributed by atoms with Crippen molar-refractivity contribution in [3.63, 3.8) is 0 Å². The van der Waals surface area contributed by atoms with Crippen molar-refractivity contribution < 1.29 is 14.7 Å². The molecule has 0 aliphatic carbocycles. The molecule has 1 amide bonds. The lowest BCUT2D eigenvalue weighted by Crippen LogP contribution is -2.50. The molecule has 2 aromatic rings. The zero-order valence-corrected chi connectivity index (χ0v) is 13.3. The number of carbonyl (C=O) groups is 2. The Balaban J connectivity index is 1.83. The topological polar surface area (TPSA) is 70.5 Å². The van der Waals surface area contributed by atoms with Crippen LogP contribution in [-0.2, 0) is 4.79 Å². The van der Waals surface area contributed by atoms with E-state index in [9.17, 15) is 14.7 Å². The summed E-state index contributed by atoms with van der Waals surface area (Å²) >= 11 is 4.54. The minimum Gasteiger partial charge on any atom is -0.480 e. The smallest absolute Gasteiger partial charge is 0.327 e. The third-order valence-corrected chi connectivity index (χ3v) is 5.76. The molecule has 21 heavy (non-hydrogen) atoms. The summed E-state index contributed by atoms with van der Waals surface area (Å²) in [4.78, 5) is 29.5. The van der Waals surface area contributed by atoms with E-state index in [1.54, 1.807) is 28.5 Å². The van der Waals surface area contributed by atoms with Crippen LogP contribution in [0.3, 0.4) is 0 Å². The Bertz CT molecular complexity index is 653. The number of carbonyl (C=O) groups excluding carboxylic acids is 1. The molecule has 0 saturated carbocycles. The maximum atomic E-state index is 12.5. The number of thioether (sulfide) groups is 1. The van der Waals surface area contributed by atoms with Crippen molar-refractivity contribution in [1.29, 1.82) is 0 Å². The number of amides is 1. The monoisotopic (exact) mass is 340 g/mol. The Hall–Kier alpha value is -1.38. The second kappa shape index (κ2) is 6.17. The summed E-state index contributed by atoms with van der Waals surface area (Å²) in [5.74, 6) is -0.0520. The highest BCUT2D eigenvalue weighted by molar-refractivity contribution is 7.99. The molecule has 1 saturated heterocycles. The van der Waals surface area contributed by atoms with Crippen molar-refractivity contribution in [3.05, 3.63) is 27.9 Å². The van der Waals surface area contributed by atoms with Crippen molar-refractivity contribution >= 4 is 46.3 Å². The summed E-state index contributed by atoms with van der Waals surface area (Å²) in [5, 5.41) is 15.7. The van der Waals surface area contributed by atoms with Crippen molar-refractivity contribution in [2.45, 2.75) is 6.04 Å². The lowest BCUT2D eigenvalue weighted by molar-refractivity contribution is -0.141. The van der Waals surface area contributed by atoms with Crippen LogP contribution in [0.1, 0.15) is 10.5 Å². The van der Waals surface area contributed by atoms with Gasteiger partial charge in [0, 0.05) is 34.4 Å². The van der Waals surface area contributed by atoms with Crippen molar-refractivity contribution in [2.75, 3.05) is 18.1 Å². The van der Waals surface area contributed by atoms with Gasteiger partial charge in [0.15, 0.2) is 0 Å². The van der Waals surface area contributed by atoms with E-state index in [0.29, 0.717) is 18.0 Å². The number of rotatable bonds is 3. The van der Waals surface area contributed by atoms with E-state index in [-0.39, 0.29) is 5.91 Å². The van der Waals surface area contributed by atoms with Gasteiger partial charge in [0.1, 0.15) is 16.7 Å². The fourth-order valence-corrected chi connectivity index (χ4v) is 4.63. The summed E-state index contributed by atoms with van der Waals surface area (Å²) in [7, 11) is 0. The molecule has 0 radical (unpaired) electrons. The highest BCUT2D eigenvalue weighted by atomic mass is 32.2. The lowest BCUT2D eigenvalue weighted by Gasteiger charge is -2.32. The molecule has 1 atom stereocenters. The molecule has 2 aromatic heterocycles. The third-order valence-electron chi connectivity index (χ3n) is 3.17. The molecular weight excluding hydrogens is 328 g/mol. The standard InChI is InChI=1S/C13H12N2O3S3/c16-12(15-2-4-20-7-10(15)13(17)18)9-6-21-11(14-9)8-1-3-19-5-8/h1,3,5-6,10H,2,4,7H2,(H,17,18). The molecule has 8 heteroatoms. The second-order valence-corrected chi connectivity index (χ2v) is 7.27. The molecule has 3 rings (SSSR count). The minimum absolute atomic E-state index is 0.291. The molecule has 0 bridgehead atoms. The Kier molecular flexibility index (Phi) is 4.27. The predicted molar refractivity (Wildman–Crippen MR) is 85.2 cm³/mol. The fourth-order valence-electron chi connectivity index (χ4n) is 2.09. The van der Waals surface area contributed by atoms with Crippen LogP contribution in [0.4, 0.5) is 0 Å². The molecular formula is C13H12N2O3S3. The number of hydrogen-bond donors (Lipinski definition) is 1. The van der Waals surface area contributed by atoms with Crippen LogP contribution in [0.25, 0.3) is 10.6 Å². The molecule has 1 aliphatic heterocycles. The Morgan fingerprint density at radius 2 is 2.24 bits per heavy atom. The van der Waals surface area contributed by atoms with Crippen molar-refractivity contribution in [1.82, 2.24) is 9.88 Å². The van der Waals surface area contributed by atoms with Gasteiger partial charge in [0.2, 0.25) is 0 Å². The molecule has 1 unspecified atom stereocenters. The molecule has 1 aliphatic rings. The summed E-state index contributed by atoms with van der Waals surface area (Å²) in [6.45, 7) is 0.450. The highest BCUT2D eigenvalue weighted by Gasteiger charge is 2.33. The number of hydrogen-bond acceptors (Lipinski definition) is 6.